The number of thiazole rings is 1. The Kier molecular flexibility index (Phi) is 4.64. The molecule has 0 saturated carbocycles. The van der Waals surface area contributed by atoms with Crippen LogP contribution >= 0.6 is 11.3 Å². The number of furan rings is 1. The average Bonchev–Trinajstić information content (AvgIpc) is 3.41. The van der Waals surface area contributed by atoms with Crippen LogP contribution in [-0.2, 0) is 6.42 Å². The van der Waals surface area contributed by atoms with Crippen LogP contribution in [0.3, 0.4) is 0 Å². The maximum atomic E-state index is 12.8. The zero-order valence-corrected chi connectivity index (χ0v) is 15.7. The maximum Gasteiger partial charge on any atom is 0.273 e. The molecule has 0 aliphatic carbocycles. The highest BCUT2D eigenvalue weighted by Crippen LogP contribution is 2.35. The summed E-state index contributed by atoms with van der Waals surface area (Å²) >= 11 is 1.45. The maximum absolute atomic E-state index is 12.8. The zero-order chi connectivity index (χ0) is 18.0. The second-order valence-electron chi connectivity index (χ2n) is 7.29. The summed E-state index contributed by atoms with van der Waals surface area (Å²) in [6.07, 6.45) is 4.81. The first-order valence-corrected chi connectivity index (χ1v) is 9.84. The number of hydrogen-bond acceptors (Lipinski definition) is 4. The molecule has 1 atom stereocenters. The minimum absolute atomic E-state index is 0.0301. The van der Waals surface area contributed by atoms with Gasteiger partial charge in [0.2, 0.25) is 0 Å². The van der Waals surface area contributed by atoms with E-state index in [0.29, 0.717) is 11.5 Å². The van der Waals surface area contributed by atoms with Gasteiger partial charge in [0, 0.05) is 18.5 Å². The molecule has 1 aromatic carbocycles. The summed E-state index contributed by atoms with van der Waals surface area (Å²) in [6.45, 7) is 3.89. The van der Waals surface area contributed by atoms with Gasteiger partial charge in [-0.2, -0.15) is 0 Å². The quantitative estimate of drug-likeness (QED) is 0.646. The molecule has 0 radical (unpaired) electrons. The molecule has 4 rings (SSSR count). The summed E-state index contributed by atoms with van der Waals surface area (Å²) in [5.41, 5.74) is 2.06. The van der Waals surface area contributed by atoms with E-state index in [9.17, 15) is 4.79 Å². The molecule has 2 aromatic heterocycles. The van der Waals surface area contributed by atoms with Gasteiger partial charge in [0.1, 0.15) is 5.69 Å². The van der Waals surface area contributed by atoms with Crippen molar-refractivity contribution in [3.8, 4) is 10.8 Å². The van der Waals surface area contributed by atoms with Crippen molar-refractivity contribution in [2.75, 3.05) is 13.1 Å². The molecule has 0 N–H and O–H groups in total. The number of hydrogen-bond donors (Lipinski definition) is 0. The van der Waals surface area contributed by atoms with Crippen LogP contribution in [0.5, 0.6) is 0 Å². The molecule has 0 spiro atoms. The summed E-state index contributed by atoms with van der Waals surface area (Å²) < 4.78 is 5.37. The summed E-state index contributed by atoms with van der Waals surface area (Å²) in [4.78, 5) is 19.3. The largest absolute Gasteiger partial charge is 0.462 e. The van der Waals surface area contributed by atoms with Gasteiger partial charge in [-0.3, -0.25) is 4.79 Å². The summed E-state index contributed by atoms with van der Waals surface area (Å²) in [5, 5.41) is 2.59. The van der Waals surface area contributed by atoms with Gasteiger partial charge in [-0.05, 0) is 42.4 Å². The van der Waals surface area contributed by atoms with E-state index in [1.165, 1.54) is 16.9 Å². The fraction of sp³-hybridized carbons (Fsp3) is 0.333. The lowest BCUT2D eigenvalue weighted by molar-refractivity contribution is 0.0769. The number of carbonyl (C=O) groups is 1. The van der Waals surface area contributed by atoms with E-state index < -0.39 is 0 Å². The molecular formula is C21H22N2O2S. The molecule has 3 aromatic rings. The molecule has 0 bridgehead atoms. The Morgan fingerprint density at radius 1 is 1.27 bits per heavy atom. The predicted octanol–water partition coefficient (Wildman–Crippen LogP) is 4.89. The smallest absolute Gasteiger partial charge is 0.273 e. The van der Waals surface area contributed by atoms with Crippen molar-refractivity contribution in [3.05, 3.63) is 65.4 Å². The van der Waals surface area contributed by atoms with Gasteiger partial charge < -0.3 is 9.32 Å². The Hall–Kier alpha value is -2.40. The highest BCUT2D eigenvalue weighted by Gasteiger charge is 2.36. The first-order chi connectivity index (χ1) is 12.6. The normalized spacial score (nSPS) is 19.8. The molecular weight excluding hydrogens is 344 g/mol. The number of aromatic nitrogens is 1. The van der Waals surface area contributed by atoms with Crippen LogP contribution in [-0.4, -0.2) is 28.9 Å². The molecule has 1 aliphatic rings. The van der Waals surface area contributed by atoms with Crippen molar-refractivity contribution in [2.45, 2.75) is 26.2 Å². The van der Waals surface area contributed by atoms with Gasteiger partial charge in [0.25, 0.3) is 5.91 Å². The number of rotatable bonds is 5. The number of carbonyl (C=O) groups excluding carboxylic acids is 1. The second-order valence-corrected chi connectivity index (χ2v) is 8.15. The minimum Gasteiger partial charge on any atom is -0.462 e. The molecule has 1 saturated heterocycles. The van der Waals surface area contributed by atoms with Crippen LogP contribution in [0.25, 0.3) is 10.8 Å². The highest BCUT2D eigenvalue weighted by molar-refractivity contribution is 7.13. The van der Waals surface area contributed by atoms with Crippen LogP contribution in [0.2, 0.25) is 0 Å². The standard InChI is InChI=1S/C21H22N2O2S/c1-21(10-9-16-6-3-2-4-7-16)11-12-23(15-21)20(24)17-14-26-19(22-17)18-8-5-13-25-18/h2-8,13-14H,9-12,15H2,1H3/t21-/m1/s1. The van der Waals surface area contributed by atoms with Crippen LogP contribution in [0, 0.1) is 5.41 Å². The van der Waals surface area contributed by atoms with Crippen LogP contribution in [0.15, 0.2) is 58.5 Å². The Balaban J connectivity index is 1.39. The van der Waals surface area contributed by atoms with Crippen LogP contribution in [0.4, 0.5) is 0 Å². The molecule has 134 valence electrons. The molecule has 1 aliphatic heterocycles. The minimum atomic E-state index is 0.0301. The van der Waals surface area contributed by atoms with Gasteiger partial charge in [-0.1, -0.05) is 37.3 Å². The SMILES string of the molecule is C[C@@]1(CCc2ccccc2)CCN(C(=O)c2csc(-c3ccco3)n2)C1. The fourth-order valence-electron chi connectivity index (χ4n) is 3.54. The highest BCUT2D eigenvalue weighted by atomic mass is 32.1. The zero-order valence-electron chi connectivity index (χ0n) is 14.9. The van der Waals surface area contributed by atoms with Crippen molar-refractivity contribution in [1.29, 1.82) is 0 Å². The van der Waals surface area contributed by atoms with Gasteiger partial charge in [-0.15, -0.1) is 11.3 Å². The summed E-state index contributed by atoms with van der Waals surface area (Å²) in [7, 11) is 0. The van der Waals surface area contributed by atoms with Crippen LogP contribution in [0.1, 0.15) is 35.8 Å². The molecule has 5 heteroatoms. The number of benzene rings is 1. The monoisotopic (exact) mass is 366 g/mol. The lowest BCUT2D eigenvalue weighted by atomic mass is 9.83. The van der Waals surface area contributed by atoms with Gasteiger partial charge >= 0.3 is 0 Å². The van der Waals surface area contributed by atoms with E-state index in [4.69, 9.17) is 4.42 Å². The van der Waals surface area contributed by atoms with E-state index >= 15 is 0 Å². The number of nitrogens with zero attached hydrogens (tertiary/aromatic N) is 2. The number of aryl methyl sites for hydroxylation is 1. The van der Waals surface area contributed by atoms with Crippen molar-refractivity contribution in [2.24, 2.45) is 5.41 Å². The Labute approximate surface area is 157 Å². The van der Waals surface area contributed by atoms with E-state index in [1.54, 1.807) is 6.26 Å². The molecule has 1 amide bonds. The fourth-order valence-corrected chi connectivity index (χ4v) is 4.30. The van der Waals surface area contributed by atoms with Gasteiger partial charge in [0.05, 0.1) is 6.26 Å². The second kappa shape index (κ2) is 7.08. The van der Waals surface area contributed by atoms with E-state index in [0.717, 1.165) is 37.4 Å². The van der Waals surface area contributed by atoms with Crippen molar-refractivity contribution >= 4 is 17.2 Å². The van der Waals surface area contributed by atoms with Crippen molar-refractivity contribution < 1.29 is 9.21 Å². The van der Waals surface area contributed by atoms with Crippen LogP contribution < -0.4 is 0 Å². The average molecular weight is 366 g/mol. The molecule has 3 heterocycles. The summed E-state index contributed by atoms with van der Waals surface area (Å²) in [6, 6.07) is 14.3. The lowest BCUT2D eigenvalue weighted by Gasteiger charge is -2.24. The van der Waals surface area contributed by atoms with E-state index in [2.05, 4.69) is 36.2 Å². The van der Waals surface area contributed by atoms with Crippen molar-refractivity contribution in [3.63, 3.8) is 0 Å². The number of amides is 1. The molecule has 1 fully saturated rings. The van der Waals surface area contributed by atoms with Gasteiger partial charge in [0.15, 0.2) is 10.8 Å². The number of likely N-dealkylation sites (tertiary alicyclic amines) is 1. The van der Waals surface area contributed by atoms with Crippen molar-refractivity contribution in [1.82, 2.24) is 9.88 Å². The third-order valence-electron chi connectivity index (χ3n) is 5.16. The summed E-state index contributed by atoms with van der Waals surface area (Å²) in [5.74, 6) is 0.741. The van der Waals surface area contributed by atoms with E-state index in [1.807, 2.05) is 28.5 Å². The molecule has 4 nitrogen and oxygen atoms in total. The van der Waals surface area contributed by atoms with Gasteiger partial charge in [-0.25, -0.2) is 4.98 Å². The Morgan fingerprint density at radius 3 is 2.88 bits per heavy atom. The third kappa shape index (κ3) is 3.58. The Bertz CT molecular complexity index is 873. The first-order valence-electron chi connectivity index (χ1n) is 8.96. The molecule has 26 heavy (non-hydrogen) atoms. The van der Waals surface area contributed by atoms with E-state index in [-0.39, 0.29) is 11.3 Å². The molecule has 0 unspecified atom stereocenters. The first kappa shape index (κ1) is 17.0. The lowest BCUT2D eigenvalue weighted by Crippen LogP contribution is -2.31. The topological polar surface area (TPSA) is 46.3 Å². The predicted molar refractivity (Wildman–Crippen MR) is 103 cm³/mol. The Morgan fingerprint density at radius 2 is 2.12 bits per heavy atom. The third-order valence-corrected chi connectivity index (χ3v) is 6.02.